The zero-order chi connectivity index (χ0) is 18.7. The fourth-order valence-corrected chi connectivity index (χ4v) is 3.92. The number of aromatic nitrogens is 2. The Labute approximate surface area is 164 Å². The molecule has 2 heterocycles. The van der Waals surface area contributed by atoms with Crippen molar-refractivity contribution in [3.8, 4) is 0 Å². The monoisotopic (exact) mass is 394 g/mol. The van der Waals surface area contributed by atoms with E-state index in [1.54, 1.807) is 17.9 Å². The topological polar surface area (TPSA) is 50.2 Å². The lowest BCUT2D eigenvalue weighted by molar-refractivity contribution is 0.0961. The number of halogens is 2. The van der Waals surface area contributed by atoms with Crippen molar-refractivity contribution in [3.05, 3.63) is 51.3 Å². The molecule has 2 aromatic rings. The Balaban J connectivity index is 1.58. The van der Waals surface area contributed by atoms with Gasteiger partial charge < -0.3 is 5.32 Å². The zero-order valence-electron chi connectivity index (χ0n) is 15.1. The van der Waals surface area contributed by atoms with Crippen molar-refractivity contribution in [1.82, 2.24) is 20.0 Å². The largest absolute Gasteiger partial charge is 0.355 e. The summed E-state index contributed by atoms with van der Waals surface area (Å²) in [6, 6.07) is 5.79. The molecule has 1 aliphatic heterocycles. The number of nitrogens with one attached hydrogen (secondary N) is 1. The minimum Gasteiger partial charge on any atom is -0.355 e. The van der Waals surface area contributed by atoms with Gasteiger partial charge in [-0.25, -0.2) is 0 Å². The molecule has 1 fully saturated rings. The van der Waals surface area contributed by atoms with Gasteiger partial charge in [0.1, 0.15) is 0 Å². The van der Waals surface area contributed by atoms with Crippen LogP contribution >= 0.6 is 23.2 Å². The molecule has 7 heteroatoms. The average Bonchev–Trinajstić information content (AvgIpc) is 3.00. The van der Waals surface area contributed by atoms with Crippen LogP contribution in [0.5, 0.6) is 0 Å². The predicted molar refractivity (Wildman–Crippen MR) is 105 cm³/mol. The zero-order valence-corrected chi connectivity index (χ0v) is 16.6. The number of hydrogen-bond donors (Lipinski definition) is 1. The number of nitrogens with zero attached hydrogens (tertiary/aromatic N) is 3. The van der Waals surface area contributed by atoms with Crippen molar-refractivity contribution in [3.63, 3.8) is 0 Å². The van der Waals surface area contributed by atoms with Crippen LogP contribution in [0.25, 0.3) is 0 Å². The lowest BCUT2D eigenvalue weighted by Gasteiger charge is -2.32. The second kappa shape index (κ2) is 8.42. The summed E-state index contributed by atoms with van der Waals surface area (Å²) in [6.07, 6.45) is 4.81. The lowest BCUT2D eigenvalue weighted by atomic mass is 9.91. The second-order valence-corrected chi connectivity index (χ2v) is 7.66. The number of benzene rings is 1. The molecule has 1 saturated heterocycles. The van der Waals surface area contributed by atoms with Gasteiger partial charge in [0.2, 0.25) is 0 Å². The molecule has 0 atom stereocenters. The molecular formula is C19H24Cl2N4O. The fourth-order valence-electron chi connectivity index (χ4n) is 3.54. The van der Waals surface area contributed by atoms with E-state index >= 15 is 0 Å². The van der Waals surface area contributed by atoms with Crippen molar-refractivity contribution < 1.29 is 4.79 Å². The SMILES string of the molecule is CNC(=O)c1cn(C)nc1CC1CCN(Cc2cccc(Cl)c2Cl)CC1. The molecule has 0 spiro atoms. The number of piperidine rings is 1. The number of rotatable bonds is 5. The van der Waals surface area contributed by atoms with Gasteiger partial charge in [0.15, 0.2) is 0 Å². The van der Waals surface area contributed by atoms with E-state index in [4.69, 9.17) is 23.2 Å². The van der Waals surface area contributed by atoms with Gasteiger partial charge >= 0.3 is 0 Å². The summed E-state index contributed by atoms with van der Waals surface area (Å²) in [7, 11) is 3.51. The Morgan fingerprint density at radius 2 is 2.04 bits per heavy atom. The molecule has 1 amide bonds. The molecule has 26 heavy (non-hydrogen) atoms. The maximum absolute atomic E-state index is 12.0. The fraction of sp³-hybridized carbons (Fsp3) is 0.474. The molecule has 0 unspecified atom stereocenters. The Morgan fingerprint density at radius 3 is 2.73 bits per heavy atom. The van der Waals surface area contributed by atoms with Crippen LogP contribution in [-0.2, 0) is 20.0 Å². The van der Waals surface area contributed by atoms with E-state index in [0.29, 0.717) is 21.5 Å². The van der Waals surface area contributed by atoms with Crippen LogP contribution in [0.15, 0.2) is 24.4 Å². The number of aryl methyl sites for hydroxylation is 1. The molecule has 0 bridgehead atoms. The third-order valence-electron chi connectivity index (χ3n) is 4.99. The Kier molecular flexibility index (Phi) is 6.22. The van der Waals surface area contributed by atoms with E-state index in [-0.39, 0.29) is 5.91 Å². The number of hydrogen-bond acceptors (Lipinski definition) is 3. The molecule has 140 valence electrons. The first-order chi connectivity index (χ1) is 12.5. The summed E-state index contributed by atoms with van der Waals surface area (Å²) in [5.41, 5.74) is 2.65. The van der Waals surface area contributed by atoms with E-state index in [1.165, 1.54) is 0 Å². The molecule has 3 rings (SSSR count). The van der Waals surface area contributed by atoms with Crippen LogP contribution in [0.1, 0.15) is 34.5 Å². The first-order valence-electron chi connectivity index (χ1n) is 8.87. The van der Waals surface area contributed by atoms with Gasteiger partial charge in [-0.2, -0.15) is 5.10 Å². The summed E-state index contributed by atoms with van der Waals surface area (Å²) < 4.78 is 1.72. The highest BCUT2D eigenvalue weighted by Crippen LogP contribution is 2.28. The highest BCUT2D eigenvalue weighted by Gasteiger charge is 2.23. The third-order valence-corrected chi connectivity index (χ3v) is 5.85. The van der Waals surface area contributed by atoms with Crippen LogP contribution in [0.3, 0.4) is 0 Å². The number of carbonyl (C=O) groups is 1. The number of amides is 1. The van der Waals surface area contributed by atoms with Crippen molar-refractivity contribution >= 4 is 29.1 Å². The molecule has 0 saturated carbocycles. The van der Waals surface area contributed by atoms with Gasteiger partial charge in [0.25, 0.3) is 5.91 Å². The Morgan fingerprint density at radius 1 is 1.31 bits per heavy atom. The maximum Gasteiger partial charge on any atom is 0.254 e. The minimum absolute atomic E-state index is 0.0684. The van der Waals surface area contributed by atoms with Crippen molar-refractivity contribution in [2.24, 2.45) is 13.0 Å². The minimum atomic E-state index is -0.0684. The maximum atomic E-state index is 12.0. The quantitative estimate of drug-likeness (QED) is 0.843. The van der Waals surface area contributed by atoms with E-state index in [2.05, 4.69) is 15.3 Å². The predicted octanol–water partition coefficient (Wildman–Crippen LogP) is 3.54. The molecule has 1 aromatic heterocycles. The Bertz CT molecular complexity index is 782. The average molecular weight is 395 g/mol. The molecule has 1 aromatic carbocycles. The van der Waals surface area contributed by atoms with Crippen LogP contribution in [-0.4, -0.2) is 40.7 Å². The van der Waals surface area contributed by atoms with Gasteiger partial charge in [0, 0.05) is 26.8 Å². The molecule has 1 aliphatic rings. The normalized spacial score (nSPS) is 16.0. The van der Waals surface area contributed by atoms with Gasteiger partial charge in [-0.3, -0.25) is 14.4 Å². The first kappa shape index (κ1) is 19.2. The van der Waals surface area contributed by atoms with Crippen LogP contribution < -0.4 is 5.32 Å². The lowest BCUT2D eigenvalue weighted by Crippen LogP contribution is -2.34. The summed E-state index contributed by atoms with van der Waals surface area (Å²) in [4.78, 5) is 14.4. The van der Waals surface area contributed by atoms with E-state index in [9.17, 15) is 4.79 Å². The highest BCUT2D eigenvalue weighted by atomic mass is 35.5. The molecule has 5 nitrogen and oxygen atoms in total. The van der Waals surface area contributed by atoms with E-state index in [0.717, 1.165) is 50.2 Å². The van der Waals surface area contributed by atoms with Gasteiger partial charge in [-0.05, 0) is 49.9 Å². The van der Waals surface area contributed by atoms with Crippen molar-refractivity contribution in [2.45, 2.75) is 25.8 Å². The van der Waals surface area contributed by atoms with Crippen LogP contribution in [0.2, 0.25) is 10.0 Å². The number of likely N-dealkylation sites (tertiary alicyclic amines) is 1. The van der Waals surface area contributed by atoms with Gasteiger partial charge in [-0.1, -0.05) is 35.3 Å². The van der Waals surface area contributed by atoms with Crippen molar-refractivity contribution in [1.29, 1.82) is 0 Å². The number of carbonyl (C=O) groups excluding carboxylic acids is 1. The van der Waals surface area contributed by atoms with Crippen LogP contribution in [0, 0.1) is 5.92 Å². The van der Waals surface area contributed by atoms with Gasteiger partial charge in [-0.15, -0.1) is 0 Å². The van der Waals surface area contributed by atoms with E-state index in [1.807, 2.05) is 25.2 Å². The Hall–Kier alpha value is -1.56. The summed E-state index contributed by atoms with van der Waals surface area (Å²) in [6.45, 7) is 2.84. The molecule has 0 aliphatic carbocycles. The van der Waals surface area contributed by atoms with Gasteiger partial charge in [0.05, 0.1) is 21.3 Å². The first-order valence-corrected chi connectivity index (χ1v) is 9.63. The summed E-state index contributed by atoms with van der Waals surface area (Å²) in [5.74, 6) is 0.473. The molecule has 1 N–H and O–H groups in total. The standard InChI is InChI=1S/C19H24Cl2N4O/c1-22-19(26)15-12-24(2)23-17(15)10-13-6-8-25(9-7-13)11-14-4-3-5-16(20)18(14)21/h3-5,12-13H,6-11H2,1-2H3,(H,22,26). The summed E-state index contributed by atoms with van der Waals surface area (Å²) in [5, 5.41) is 8.44. The second-order valence-electron chi connectivity index (χ2n) is 6.88. The molecule has 0 radical (unpaired) electrons. The highest BCUT2D eigenvalue weighted by molar-refractivity contribution is 6.42. The summed E-state index contributed by atoms with van der Waals surface area (Å²) >= 11 is 12.4. The smallest absolute Gasteiger partial charge is 0.254 e. The molecular weight excluding hydrogens is 371 g/mol. The van der Waals surface area contributed by atoms with E-state index < -0.39 is 0 Å². The third kappa shape index (κ3) is 4.40. The van der Waals surface area contributed by atoms with Crippen molar-refractivity contribution in [2.75, 3.05) is 20.1 Å². The van der Waals surface area contributed by atoms with Crippen LogP contribution in [0.4, 0.5) is 0 Å².